The maximum absolute atomic E-state index is 13.1. The summed E-state index contributed by atoms with van der Waals surface area (Å²) in [6, 6.07) is 5.95. The first-order valence-corrected chi connectivity index (χ1v) is 9.80. The third kappa shape index (κ3) is 4.75. The van der Waals surface area contributed by atoms with Crippen molar-refractivity contribution in [1.29, 1.82) is 0 Å². The van der Waals surface area contributed by atoms with Crippen molar-refractivity contribution in [2.75, 3.05) is 11.9 Å². The van der Waals surface area contributed by atoms with E-state index in [1.54, 1.807) is 31.4 Å². The highest BCUT2D eigenvalue weighted by Gasteiger charge is 2.18. The Balaban J connectivity index is 1.70. The van der Waals surface area contributed by atoms with E-state index in [4.69, 9.17) is 4.74 Å². The van der Waals surface area contributed by atoms with Crippen LogP contribution in [0.2, 0.25) is 0 Å². The van der Waals surface area contributed by atoms with E-state index in [0.29, 0.717) is 33.0 Å². The second kappa shape index (κ2) is 8.36. The number of anilines is 1. The van der Waals surface area contributed by atoms with E-state index < -0.39 is 0 Å². The molecule has 0 aliphatic carbocycles. The Morgan fingerprint density at radius 3 is 2.67 bits per heavy atom. The molecule has 0 aliphatic heterocycles. The van der Waals surface area contributed by atoms with Gasteiger partial charge >= 0.3 is 5.97 Å². The molecule has 1 aromatic carbocycles. The van der Waals surface area contributed by atoms with Crippen LogP contribution in [0.15, 0.2) is 29.6 Å². The van der Waals surface area contributed by atoms with Gasteiger partial charge in [0.15, 0.2) is 5.13 Å². The van der Waals surface area contributed by atoms with E-state index in [9.17, 15) is 14.0 Å². The van der Waals surface area contributed by atoms with E-state index in [1.165, 1.54) is 34.8 Å². The zero-order chi connectivity index (χ0) is 19.4. The van der Waals surface area contributed by atoms with Gasteiger partial charge in [0.25, 0.3) is 5.91 Å². The number of thiazole rings is 2. The normalized spacial score (nSPS) is 10.6. The fourth-order valence-electron chi connectivity index (χ4n) is 2.28. The summed E-state index contributed by atoms with van der Waals surface area (Å²) in [6.07, 6.45) is 0.0640. The van der Waals surface area contributed by atoms with Gasteiger partial charge in [0.1, 0.15) is 15.7 Å². The molecule has 6 nitrogen and oxygen atoms in total. The third-order valence-corrected chi connectivity index (χ3v) is 5.51. The minimum absolute atomic E-state index is 0.0640. The lowest BCUT2D eigenvalue weighted by Crippen LogP contribution is -2.12. The van der Waals surface area contributed by atoms with Gasteiger partial charge < -0.3 is 4.74 Å². The highest BCUT2D eigenvalue weighted by Crippen LogP contribution is 2.29. The van der Waals surface area contributed by atoms with Crippen LogP contribution in [0, 0.1) is 12.7 Å². The van der Waals surface area contributed by atoms with Crippen molar-refractivity contribution in [3.05, 3.63) is 51.7 Å². The van der Waals surface area contributed by atoms with Crippen LogP contribution < -0.4 is 5.32 Å². The molecule has 3 aromatic rings. The van der Waals surface area contributed by atoms with Crippen LogP contribution in [-0.2, 0) is 16.0 Å². The molecule has 0 unspecified atom stereocenters. The molecule has 2 heterocycles. The van der Waals surface area contributed by atoms with Crippen LogP contribution >= 0.6 is 22.7 Å². The number of amides is 1. The lowest BCUT2D eigenvalue weighted by atomic mass is 10.2. The maximum atomic E-state index is 13.1. The van der Waals surface area contributed by atoms with Gasteiger partial charge in [0.2, 0.25) is 0 Å². The van der Waals surface area contributed by atoms with Crippen LogP contribution in [0.4, 0.5) is 9.52 Å². The predicted octanol–water partition coefficient (Wildman–Crippen LogP) is 4.07. The summed E-state index contributed by atoms with van der Waals surface area (Å²) in [5.41, 5.74) is 1.87. The van der Waals surface area contributed by atoms with Crippen molar-refractivity contribution in [2.24, 2.45) is 0 Å². The van der Waals surface area contributed by atoms with E-state index in [0.717, 1.165) is 5.56 Å². The molecule has 140 valence electrons. The molecule has 0 spiro atoms. The van der Waals surface area contributed by atoms with Crippen LogP contribution in [-0.4, -0.2) is 28.5 Å². The average Bonchev–Trinajstić information content (AvgIpc) is 3.22. The Kier molecular flexibility index (Phi) is 5.92. The number of carbonyl (C=O) groups is 2. The summed E-state index contributed by atoms with van der Waals surface area (Å²) in [7, 11) is 0. The van der Waals surface area contributed by atoms with E-state index in [-0.39, 0.29) is 24.1 Å². The first-order chi connectivity index (χ1) is 13.0. The molecular weight excluding hydrogens is 389 g/mol. The molecule has 1 amide bonds. The summed E-state index contributed by atoms with van der Waals surface area (Å²) in [5, 5.41) is 5.47. The number of benzene rings is 1. The lowest BCUT2D eigenvalue weighted by Gasteiger charge is -2.00. The number of carbonyl (C=O) groups excluding carboxylic acids is 2. The summed E-state index contributed by atoms with van der Waals surface area (Å²) < 4.78 is 17.9. The average molecular weight is 405 g/mol. The molecule has 3 rings (SSSR count). The maximum Gasteiger partial charge on any atom is 0.311 e. The Labute approximate surface area is 163 Å². The number of hydrogen-bond donors (Lipinski definition) is 1. The fraction of sp³-hybridized carbons (Fsp3) is 0.222. The molecule has 0 aliphatic rings. The number of ether oxygens (including phenoxy) is 1. The molecular formula is C18H16FN3O3S2. The van der Waals surface area contributed by atoms with Crippen molar-refractivity contribution < 1.29 is 18.7 Å². The molecule has 27 heavy (non-hydrogen) atoms. The van der Waals surface area contributed by atoms with Crippen molar-refractivity contribution in [2.45, 2.75) is 20.3 Å². The summed E-state index contributed by atoms with van der Waals surface area (Å²) in [6.45, 7) is 3.79. The second-order valence-corrected chi connectivity index (χ2v) is 7.38. The number of aryl methyl sites for hydroxylation is 1. The third-order valence-electron chi connectivity index (χ3n) is 3.50. The van der Waals surface area contributed by atoms with Crippen molar-refractivity contribution in [3.8, 4) is 10.6 Å². The first-order valence-electron chi connectivity index (χ1n) is 8.11. The summed E-state index contributed by atoms with van der Waals surface area (Å²) in [4.78, 5) is 33.1. The van der Waals surface area contributed by atoms with Gasteiger partial charge in [0.05, 0.1) is 24.4 Å². The molecule has 0 bridgehead atoms. The quantitative estimate of drug-likeness (QED) is 0.625. The largest absolute Gasteiger partial charge is 0.466 e. The molecule has 0 saturated heterocycles. The van der Waals surface area contributed by atoms with Gasteiger partial charge in [-0.15, -0.1) is 22.7 Å². The number of halogens is 1. The summed E-state index contributed by atoms with van der Waals surface area (Å²) >= 11 is 2.46. The fourth-order valence-corrected chi connectivity index (χ4v) is 3.95. The number of esters is 1. The van der Waals surface area contributed by atoms with Crippen molar-refractivity contribution >= 4 is 39.7 Å². The van der Waals surface area contributed by atoms with Crippen LogP contribution in [0.3, 0.4) is 0 Å². The summed E-state index contributed by atoms with van der Waals surface area (Å²) in [5.74, 6) is -1.01. The van der Waals surface area contributed by atoms with Gasteiger partial charge in [-0.1, -0.05) is 0 Å². The minimum atomic E-state index is -0.358. The van der Waals surface area contributed by atoms with Crippen LogP contribution in [0.25, 0.3) is 10.6 Å². The zero-order valence-electron chi connectivity index (χ0n) is 14.6. The standard InChI is InChI=1S/C18H16FN3O3S2/c1-3-25-14(23)8-13-9-26-18(21-13)22-16(24)15-10(2)20-17(27-15)11-4-6-12(19)7-5-11/h4-7,9H,3,8H2,1-2H3,(H,21,22,24). The van der Waals surface area contributed by atoms with Crippen molar-refractivity contribution in [1.82, 2.24) is 9.97 Å². The van der Waals surface area contributed by atoms with Gasteiger partial charge in [0, 0.05) is 10.9 Å². The minimum Gasteiger partial charge on any atom is -0.466 e. The smallest absolute Gasteiger partial charge is 0.311 e. The molecule has 1 N–H and O–H groups in total. The molecule has 0 saturated carbocycles. The Morgan fingerprint density at radius 1 is 1.22 bits per heavy atom. The van der Waals surface area contributed by atoms with Crippen LogP contribution in [0.5, 0.6) is 0 Å². The number of rotatable bonds is 6. The number of aromatic nitrogens is 2. The van der Waals surface area contributed by atoms with Crippen LogP contribution in [0.1, 0.15) is 28.0 Å². The Bertz CT molecular complexity index is 967. The highest BCUT2D eigenvalue weighted by atomic mass is 32.1. The van der Waals surface area contributed by atoms with Gasteiger partial charge in [-0.05, 0) is 38.1 Å². The number of nitrogens with zero attached hydrogens (tertiary/aromatic N) is 2. The van der Waals surface area contributed by atoms with E-state index in [2.05, 4.69) is 15.3 Å². The molecule has 2 aromatic heterocycles. The molecule has 0 atom stereocenters. The van der Waals surface area contributed by atoms with Gasteiger partial charge in [-0.25, -0.2) is 14.4 Å². The molecule has 0 fully saturated rings. The predicted molar refractivity (Wildman–Crippen MR) is 103 cm³/mol. The highest BCUT2D eigenvalue weighted by molar-refractivity contribution is 7.17. The molecule has 0 radical (unpaired) electrons. The number of nitrogens with one attached hydrogen (secondary N) is 1. The SMILES string of the molecule is CCOC(=O)Cc1csc(NC(=O)c2sc(-c3ccc(F)cc3)nc2C)n1. The van der Waals surface area contributed by atoms with Gasteiger partial charge in [-0.2, -0.15) is 0 Å². The second-order valence-electron chi connectivity index (χ2n) is 5.52. The topological polar surface area (TPSA) is 81.2 Å². The molecule has 9 heteroatoms. The zero-order valence-corrected chi connectivity index (χ0v) is 16.2. The monoisotopic (exact) mass is 405 g/mol. The van der Waals surface area contributed by atoms with E-state index >= 15 is 0 Å². The Hall–Kier alpha value is -2.65. The first kappa shape index (κ1) is 19.1. The van der Waals surface area contributed by atoms with Gasteiger partial charge in [-0.3, -0.25) is 14.9 Å². The van der Waals surface area contributed by atoms with E-state index in [1.807, 2.05) is 0 Å². The number of hydrogen-bond acceptors (Lipinski definition) is 7. The van der Waals surface area contributed by atoms with Crippen molar-refractivity contribution in [3.63, 3.8) is 0 Å². The Morgan fingerprint density at radius 2 is 1.96 bits per heavy atom. The lowest BCUT2D eigenvalue weighted by molar-refractivity contribution is -0.142.